The van der Waals surface area contributed by atoms with Gasteiger partial charge in [-0.2, -0.15) is 5.10 Å². The van der Waals surface area contributed by atoms with Crippen LogP contribution in [0.4, 0.5) is 0 Å². The number of nitrogens with one attached hydrogen (secondary N) is 2. The van der Waals surface area contributed by atoms with Crippen LogP contribution in [-0.2, 0) is 18.3 Å². The van der Waals surface area contributed by atoms with E-state index in [1.807, 2.05) is 36.0 Å². The van der Waals surface area contributed by atoms with E-state index in [9.17, 15) is 0 Å². The molecule has 1 aliphatic rings. The second-order valence-corrected chi connectivity index (χ2v) is 6.85. The SMILES string of the molecule is CN=C(NCc1ccnn1C)NCC(c1ccccc1Cl)N1CCOCC1.I. The smallest absolute Gasteiger partial charge is 0.191 e. The van der Waals surface area contributed by atoms with Crippen LogP contribution >= 0.6 is 35.6 Å². The Morgan fingerprint density at radius 3 is 2.64 bits per heavy atom. The highest BCUT2D eigenvalue weighted by Gasteiger charge is 2.24. The van der Waals surface area contributed by atoms with E-state index >= 15 is 0 Å². The molecular formula is C19H28ClIN6O. The van der Waals surface area contributed by atoms with Gasteiger partial charge in [0.1, 0.15) is 0 Å². The third-order valence-corrected chi connectivity index (χ3v) is 5.14. The number of nitrogens with zero attached hydrogens (tertiary/aromatic N) is 4. The van der Waals surface area contributed by atoms with E-state index in [-0.39, 0.29) is 30.0 Å². The summed E-state index contributed by atoms with van der Waals surface area (Å²) in [6, 6.07) is 10.2. The van der Waals surface area contributed by atoms with Crippen molar-refractivity contribution in [3.8, 4) is 0 Å². The Hall–Kier alpha value is -1.36. The van der Waals surface area contributed by atoms with Gasteiger partial charge in [-0.25, -0.2) is 0 Å². The van der Waals surface area contributed by atoms with Crippen molar-refractivity contribution in [3.63, 3.8) is 0 Å². The number of aliphatic imine (C=N–C) groups is 1. The molecule has 3 rings (SSSR count). The lowest BCUT2D eigenvalue weighted by atomic mass is 10.0. The number of rotatable bonds is 6. The van der Waals surface area contributed by atoms with Crippen molar-refractivity contribution in [1.82, 2.24) is 25.3 Å². The maximum atomic E-state index is 6.49. The summed E-state index contributed by atoms with van der Waals surface area (Å²) in [5.41, 5.74) is 2.21. The van der Waals surface area contributed by atoms with Gasteiger partial charge >= 0.3 is 0 Å². The van der Waals surface area contributed by atoms with Crippen molar-refractivity contribution >= 4 is 41.5 Å². The van der Waals surface area contributed by atoms with Crippen molar-refractivity contribution in [2.75, 3.05) is 39.9 Å². The minimum Gasteiger partial charge on any atom is -0.379 e. The maximum absolute atomic E-state index is 6.49. The summed E-state index contributed by atoms with van der Waals surface area (Å²) in [4.78, 5) is 6.75. The van der Waals surface area contributed by atoms with Crippen molar-refractivity contribution in [1.29, 1.82) is 0 Å². The Kier molecular flexibility index (Phi) is 9.49. The molecule has 1 unspecified atom stereocenters. The first-order valence-electron chi connectivity index (χ1n) is 9.16. The summed E-state index contributed by atoms with van der Waals surface area (Å²) in [7, 11) is 3.71. The molecule has 1 fully saturated rings. The van der Waals surface area contributed by atoms with Crippen molar-refractivity contribution in [2.24, 2.45) is 12.0 Å². The molecular weight excluding hydrogens is 491 g/mol. The number of hydrogen-bond acceptors (Lipinski definition) is 4. The topological polar surface area (TPSA) is 66.7 Å². The van der Waals surface area contributed by atoms with Gasteiger partial charge < -0.3 is 15.4 Å². The molecule has 154 valence electrons. The summed E-state index contributed by atoms with van der Waals surface area (Å²) < 4.78 is 7.36. The van der Waals surface area contributed by atoms with Gasteiger partial charge in [0, 0.05) is 44.9 Å². The van der Waals surface area contributed by atoms with E-state index in [0.717, 1.165) is 48.5 Å². The molecule has 2 N–H and O–H groups in total. The van der Waals surface area contributed by atoms with E-state index in [4.69, 9.17) is 16.3 Å². The summed E-state index contributed by atoms with van der Waals surface area (Å²) in [6.07, 6.45) is 1.79. The average molecular weight is 519 g/mol. The van der Waals surface area contributed by atoms with E-state index in [1.54, 1.807) is 13.2 Å². The molecule has 2 heterocycles. The number of morpholine rings is 1. The normalized spacial score (nSPS) is 16.3. The Morgan fingerprint density at radius 1 is 1.25 bits per heavy atom. The zero-order valence-corrected chi connectivity index (χ0v) is 19.4. The van der Waals surface area contributed by atoms with Gasteiger partial charge in [-0.3, -0.25) is 14.6 Å². The van der Waals surface area contributed by atoms with E-state index in [1.165, 1.54) is 0 Å². The number of halogens is 2. The van der Waals surface area contributed by atoms with Gasteiger partial charge in [0.05, 0.1) is 31.5 Å². The Morgan fingerprint density at radius 2 is 2.00 bits per heavy atom. The molecule has 9 heteroatoms. The number of aryl methyl sites for hydroxylation is 1. The fourth-order valence-electron chi connectivity index (χ4n) is 3.23. The summed E-state index contributed by atoms with van der Waals surface area (Å²) >= 11 is 6.49. The standard InChI is InChI=1S/C19H27ClN6O.HI/c1-21-19(22-13-15-7-8-24-25(15)2)23-14-18(26-9-11-27-12-10-26)16-5-3-4-6-17(16)20;/h3-8,18H,9-14H2,1-2H3,(H2,21,22,23);1H. The zero-order chi connectivity index (χ0) is 19.1. The summed E-state index contributed by atoms with van der Waals surface area (Å²) in [5.74, 6) is 0.751. The van der Waals surface area contributed by atoms with Crippen molar-refractivity contribution in [3.05, 3.63) is 52.8 Å². The van der Waals surface area contributed by atoms with Crippen molar-refractivity contribution in [2.45, 2.75) is 12.6 Å². The molecule has 7 nitrogen and oxygen atoms in total. The molecule has 1 atom stereocenters. The number of guanidine groups is 1. The number of ether oxygens (including phenoxy) is 1. The van der Waals surface area contributed by atoms with Gasteiger partial charge in [0.25, 0.3) is 0 Å². The van der Waals surface area contributed by atoms with Gasteiger partial charge in [-0.05, 0) is 17.7 Å². The number of aromatic nitrogens is 2. The first kappa shape index (κ1) is 22.9. The molecule has 1 aromatic carbocycles. The van der Waals surface area contributed by atoms with E-state index < -0.39 is 0 Å². The molecule has 0 radical (unpaired) electrons. The molecule has 0 saturated carbocycles. The molecule has 28 heavy (non-hydrogen) atoms. The predicted octanol–water partition coefficient (Wildman–Crippen LogP) is 2.43. The lowest BCUT2D eigenvalue weighted by molar-refractivity contribution is 0.0170. The lowest BCUT2D eigenvalue weighted by Crippen LogP contribution is -2.46. The zero-order valence-electron chi connectivity index (χ0n) is 16.3. The van der Waals surface area contributed by atoms with E-state index in [2.05, 4.69) is 31.7 Å². The first-order chi connectivity index (χ1) is 13.2. The largest absolute Gasteiger partial charge is 0.379 e. The lowest BCUT2D eigenvalue weighted by Gasteiger charge is -2.35. The summed E-state index contributed by atoms with van der Waals surface area (Å²) in [6.45, 7) is 4.62. The quantitative estimate of drug-likeness (QED) is 0.349. The van der Waals surface area contributed by atoms with Crippen LogP contribution in [0.1, 0.15) is 17.3 Å². The Labute approximate surface area is 188 Å². The molecule has 1 saturated heterocycles. The minimum atomic E-state index is 0. The molecule has 1 aliphatic heterocycles. The third kappa shape index (κ3) is 6.07. The summed E-state index contributed by atoms with van der Waals surface area (Å²) in [5, 5.41) is 11.8. The predicted molar refractivity (Wildman–Crippen MR) is 123 cm³/mol. The Bertz CT molecular complexity index is 762. The average Bonchev–Trinajstić information content (AvgIpc) is 3.11. The van der Waals surface area contributed by atoms with Crippen LogP contribution < -0.4 is 10.6 Å². The van der Waals surface area contributed by atoms with Crippen LogP contribution in [0.5, 0.6) is 0 Å². The van der Waals surface area contributed by atoms with Crippen LogP contribution in [0.2, 0.25) is 5.02 Å². The number of hydrogen-bond donors (Lipinski definition) is 2. The molecule has 2 aromatic rings. The highest BCUT2D eigenvalue weighted by Crippen LogP contribution is 2.27. The minimum absolute atomic E-state index is 0. The van der Waals surface area contributed by atoms with Crippen LogP contribution in [0.3, 0.4) is 0 Å². The fraction of sp³-hybridized carbons (Fsp3) is 0.474. The van der Waals surface area contributed by atoms with Crippen LogP contribution in [0, 0.1) is 0 Å². The van der Waals surface area contributed by atoms with Crippen molar-refractivity contribution < 1.29 is 4.74 Å². The number of benzene rings is 1. The van der Waals surface area contributed by atoms with Crippen LogP contribution in [-0.4, -0.2) is 60.5 Å². The Balaban J connectivity index is 0.00000280. The first-order valence-corrected chi connectivity index (χ1v) is 9.54. The van der Waals surface area contributed by atoms with Crippen LogP contribution in [0.25, 0.3) is 0 Å². The molecule has 0 amide bonds. The van der Waals surface area contributed by atoms with Crippen LogP contribution in [0.15, 0.2) is 41.5 Å². The fourth-order valence-corrected chi connectivity index (χ4v) is 3.49. The molecule has 0 aliphatic carbocycles. The maximum Gasteiger partial charge on any atom is 0.191 e. The molecule has 0 spiro atoms. The highest BCUT2D eigenvalue weighted by atomic mass is 127. The second-order valence-electron chi connectivity index (χ2n) is 6.44. The monoisotopic (exact) mass is 518 g/mol. The molecule has 1 aromatic heterocycles. The van der Waals surface area contributed by atoms with Gasteiger partial charge in [0.2, 0.25) is 0 Å². The van der Waals surface area contributed by atoms with Gasteiger partial charge in [-0.15, -0.1) is 24.0 Å². The van der Waals surface area contributed by atoms with E-state index in [0.29, 0.717) is 13.1 Å². The van der Waals surface area contributed by atoms with Gasteiger partial charge in [-0.1, -0.05) is 29.8 Å². The second kappa shape index (κ2) is 11.6. The third-order valence-electron chi connectivity index (χ3n) is 4.80. The van der Waals surface area contributed by atoms with Gasteiger partial charge in [0.15, 0.2) is 5.96 Å². The molecule has 0 bridgehead atoms. The highest BCUT2D eigenvalue weighted by molar-refractivity contribution is 14.0.